The average molecular weight is 291 g/mol. The predicted octanol–water partition coefficient (Wildman–Crippen LogP) is 3.29. The van der Waals surface area contributed by atoms with Gasteiger partial charge in [-0.05, 0) is 42.7 Å². The third-order valence-electron chi connectivity index (χ3n) is 3.85. The predicted molar refractivity (Wildman–Crippen MR) is 85.5 cm³/mol. The zero-order valence-electron chi connectivity index (χ0n) is 12.7. The minimum atomic E-state index is 0.391. The van der Waals surface area contributed by atoms with Crippen molar-refractivity contribution in [2.24, 2.45) is 0 Å². The second-order valence-electron chi connectivity index (χ2n) is 5.38. The molecule has 0 aliphatic carbocycles. The summed E-state index contributed by atoms with van der Waals surface area (Å²) >= 11 is 0. The van der Waals surface area contributed by atoms with Crippen molar-refractivity contribution in [3.05, 3.63) is 76.6 Å². The van der Waals surface area contributed by atoms with Crippen molar-refractivity contribution >= 4 is 6.29 Å². The lowest BCUT2D eigenvalue weighted by molar-refractivity contribution is 0.111. The van der Waals surface area contributed by atoms with Gasteiger partial charge in [-0.2, -0.15) is 0 Å². The lowest BCUT2D eigenvalue weighted by atomic mass is 10.1. The second-order valence-corrected chi connectivity index (χ2v) is 5.38. The van der Waals surface area contributed by atoms with E-state index in [9.17, 15) is 4.79 Å². The van der Waals surface area contributed by atoms with Gasteiger partial charge in [0.1, 0.15) is 5.69 Å². The molecule has 0 bridgehead atoms. The number of aromatic nitrogens is 3. The maximum absolute atomic E-state index is 11.3. The van der Waals surface area contributed by atoms with Gasteiger partial charge >= 0.3 is 0 Å². The number of aryl methyl sites for hydroxylation is 2. The van der Waals surface area contributed by atoms with E-state index in [2.05, 4.69) is 36.3 Å². The number of hydrogen-bond acceptors (Lipinski definition) is 3. The molecule has 0 fully saturated rings. The molecule has 4 heteroatoms. The van der Waals surface area contributed by atoms with Crippen molar-refractivity contribution in [2.45, 2.75) is 20.3 Å². The largest absolute Gasteiger partial charge is 0.296 e. The van der Waals surface area contributed by atoms with Gasteiger partial charge in [0.15, 0.2) is 6.29 Å². The third kappa shape index (κ3) is 2.68. The molecule has 1 aromatic heterocycles. The highest BCUT2D eigenvalue weighted by atomic mass is 16.1. The standard InChI is InChI=1S/C18H17N3O/c1-13-8-9-16(10-14(13)2)21-18(17(12-22)19-20-21)11-15-6-4-3-5-7-15/h3-10,12H,11H2,1-2H3. The van der Waals surface area contributed by atoms with Crippen LogP contribution in [0.4, 0.5) is 0 Å². The highest BCUT2D eigenvalue weighted by Crippen LogP contribution is 2.18. The van der Waals surface area contributed by atoms with Crippen LogP contribution in [0, 0.1) is 13.8 Å². The number of aldehydes is 1. The summed E-state index contributed by atoms with van der Waals surface area (Å²) in [6.45, 7) is 4.13. The van der Waals surface area contributed by atoms with E-state index < -0.39 is 0 Å². The fourth-order valence-corrected chi connectivity index (χ4v) is 2.42. The van der Waals surface area contributed by atoms with E-state index in [-0.39, 0.29) is 0 Å². The van der Waals surface area contributed by atoms with E-state index in [0.29, 0.717) is 12.1 Å². The Morgan fingerprint density at radius 2 is 1.82 bits per heavy atom. The minimum Gasteiger partial charge on any atom is -0.296 e. The normalized spacial score (nSPS) is 10.6. The van der Waals surface area contributed by atoms with Crippen LogP contribution in [0.2, 0.25) is 0 Å². The first-order chi connectivity index (χ1) is 10.7. The van der Waals surface area contributed by atoms with Gasteiger partial charge in [-0.15, -0.1) is 5.10 Å². The zero-order chi connectivity index (χ0) is 15.5. The number of carbonyl (C=O) groups is 1. The van der Waals surface area contributed by atoms with Gasteiger partial charge in [0, 0.05) is 6.42 Å². The number of carbonyl (C=O) groups excluding carboxylic acids is 1. The van der Waals surface area contributed by atoms with Crippen molar-refractivity contribution in [1.29, 1.82) is 0 Å². The highest BCUT2D eigenvalue weighted by molar-refractivity contribution is 5.73. The van der Waals surface area contributed by atoms with Crippen LogP contribution in [0.3, 0.4) is 0 Å². The van der Waals surface area contributed by atoms with E-state index >= 15 is 0 Å². The van der Waals surface area contributed by atoms with Crippen LogP contribution in [0.5, 0.6) is 0 Å². The molecule has 3 rings (SSSR count). The Balaban J connectivity index is 2.06. The molecule has 0 saturated carbocycles. The lowest BCUT2D eigenvalue weighted by Crippen LogP contribution is -2.05. The Bertz CT molecular complexity index is 806. The molecule has 0 aliphatic heterocycles. The first kappa shape index (κ1) is 14.2. The molecule has 1 heterocycles. The first-order valence-electron chi connectivity index (χ1n) is 7.20. The first-order valence-corrected chi connectivity index (χ1v) is 7.20. The summed E-state index contributed by atoms with van der Waals surface area (Å²) in [4.78, 5) is 11.3. The summed E-state index contributed by atoms with van der Waals surface area (Å²) in [7, 11) is 0. The van der Waals surface area contributed by atoms with Gasteiger partial charge < -0.3 is 0 Å². The van der Waals surface area contributed by atoms with Crippen molar-refractivity contribution in [3.8, 4) is 5.69 Å². The Morgan fingerprint density at radius 3 is 2.50 bits per heavy atom. The molecule has 22 heavy (non-hydrogen) atoms. The SMILES string of the molecule is Cc1ccc(-n2nnc(C=O)c2Cc2ccccc2)cc1C. The summed E-state index contributed by atoms with van der Waals surface area (Å²) in [5.41, 5.74) is 5.66. The summed E-state index contributed by atoms with van der Waals surface area (Å²) in [6, 6.07) is 16.1. The molecule has 4 nitrogen and oxygen atoms in total. The molecular formula is C18H17N3O. The van der Waals surface area contributed by atoms with Gasteiger partial charge in [0.25, 0.3) is 0 Å². The van der Waals surface area contributed by atoms with E-state index in [1.807, 2.05) is 36.4 Å². The van der Waals surface area contributed by atoms with Crippen LogP contribution in [0.25, 0.3) is 5.69 Å². The molecule has 0 saturated heterocycles. The molecule has 3 aromatic rings. The van der Waals surface area contributed by atoms with Crippen LogP contribution in [0.15, 0.2) is 48.5 Å². The van der Waals surface area contributed by atoms with Crippen molar-refractivity contribution in [3.63, 3.8) is 0 Å². The van der Waals surface area contributed by atoms with Crippen molar-refractivity contribution < 1.29 is 4.79 Å². The third-order valence-corrected chi connectivity index (χ3v) is 3.85. The number of benzene rings is 2. The van der Waals surface area contributed by atoms with Gasteiger partial charge in [-0.3, -0.25) is 4.79 Å². The maximum atomic E-state index is 11.3. The van der Waals surface area contributed by atoms with Crippen LogP contribution in [0.1, 0.15) is 32.9 Å². The lowest BCUT2D eigenvalue weighted by Gasteiger charge is -2.09. The van der Waals surface area contributed by atoms with Crippen LogP contribution in [-0.2, 0) is 6.42 Å². The Hall–Kier alpha value is -2.75. The van der Waals surface area contributed by atoms with Gasteiger partial charge in [-0.25, -0.2) is 4.68 Å². The Labute approximate surface area is 129 Å². The smallest absolute Gasteiger partial charge is 0.172 e. The minimum absolute atomic E-state index is 0.391. The molecule has 0 aliphatic rings. The topological polar surface area (TPSA) is 47.8 Å². The molecule has 0 radical (unpaired) electrons. The molecule has 0 atom stereocenters. The fraction of sp³-hybridized carbons (Fsp3) is 0.167. The van der Waals surface area contributed by atoms with E-state index in [4.69, 9.17) is 0 Å². The molecule has 0 spiro atoms. The van der Waals surface area contributed by atoms with Crippen LogP contribution >= 0.6 is 0 Å². The van der Waals surface area contributed by atoms with E-state index in [0.717, 1.165) is 23.2 Å². The summed E-state index contributed by atoms with van der Waals surface area (Å²) < 4.78 is 1.75. The zero-order valence-corrected chi connectivity index (χ0v) is 12.7. The molecule has 2 aromatic carbocycles. The van der Waals surface area contributed by atoms with Crippen LogP contribution in [-0.4, -0.2) is 21.3 Å². The molecular weight excluding hydrogens is 274 g/mol. The van der Waals surface area contributed by atoms with Crippen molar-refractivity contribution in [1.82, 2.24) is 15.0 Å². The molecule has 0 unspecified atom stereocenters. The van der Waals surface area contributed by atoms with Crippen molar-refractivity contribution in [2.75, 3.05) is 0 Å². The molecule has 0 N–H and O–H groups in total. The second kappa shape index (κ2) is 5.93. The van der Waals surface area contributed by atoms with E-state index in [1.54, 1.807) is 4.68 Å². The maximum Gasteiger partial charge on any atom is 0.172 e. The molecule has 0 amide bonds. The van der Waals surface area contributed by atoms with E-state index in [1.165, 1.54) is 11.1 Å². The molecule has 110 valence electrons. The Morgan fingerprint density at radius 1 is 1.05 bits per heavy atom. The fourth-order valence-electron chi connectivity index (χ4n) is 2.42. The summed E-state index contributed by atoms with van der Waals surface area (Å²) in [5.74, 6) is 0. The van der Waals surface area contributed by atoms with Gasteiger partial charge in [0.2, 0.25) is 0 Å². The van der Waals surface area contributed by atoms with Gasteiger partial charge in [0.05, 0.1) is 11.4 Å². The summed E-state index contributed by atoms with van der Waals surface area (Å²) in [5, 5.41) is 8.16. The number of hydrogen-bond donors (Lipinski definition) is 0. The highest BCUT2D eigenvalue weighted by Gasteiger charge is 2.14. The number of nitrogens with zero attached hydrogens (tertiary/aromatic N) is 3. The monoisotopic (exact) mass is 291 g/mol. The van der Waals surface area contributed by atoms with Crippen LogP contribution < -0.4 is 0 Å². The Kier molecular flexibility index (Phi) is 3.83. The van der Waals surface area contributed by atoms with Gasteiger partial charge in [-0.1, -0.05) is 41.6 Å². The quantitative estimate of drug-likeness (QED) is 0.693. The average Bonchev–Trinajstić information content (AvgIpc) is 2.94. The number of rotatable bonds is 4. The summed E-state index contributed by atoms with van der Waals surface area (Å²) in [6.07, 6.45) is 1.39.